The van der Waals surface area contributed by atoms with E-state index >= 15 is 0 Å². The van der Waals surface area contributed by atoms with E-state index in [0.717, 1.165) is 18.2 Å². The fraction of sp³-hybridized carbons (Fsp3) is 0.421. The quantitative estimate of drug-likeness (QED) is 0.547. The number of esters is 1. The highest BCUT2D eigenvalue weighted by molar-refractivity contribution is 6.01. The van der Waals surface area contributed by atoms with Crippen molar-refractivity contribution in [3.8, 4) is 5.75 Å². The molecule has 0 unspecified atom stereocenters. The van der Waals surface area contributed by atoms with Crippen LogP contribution in [-0.2, 0) is 4.74 Å². The number of carbonyl (C=O) groups excluding carboxylic acids is 1. The number of aromatic hydroxyl groups is 1. The van der Waals surface area contributed by atoms with E-state index in [9.17, 15) is 9.90 Å². The van der Waals surface area contributed by atoms with Crippen LogP contribution in [-0.4, -0.2) is 17.7 Å². The van der Waals surface area contributed by atoms with Crippen molar-refractivity contribution in [1.82, 2.24) is 0 Å². The Kier molecular flexibility index (Phi) is 6.26. The first-order valence-electron chi connectivity index (χ1n) is 8.12. The molecule has 2 aromatic carbocycles. The molecule has 0 saturated heterocycles. The first-order valence-corrected chi connectivity index (χ1v) is 8.12. The first-order chi connectivity index (χ1) is 10.7. The summed E-state index contributed by atoms with van der Waals surface area (Å²) >= 11 is 0. The molecular formula is C19H24O3. The summed E-state index contributed by atoms with van der Waals surface area (Å²) in [6.07, 6.45) is 6.89. The minimum absolute atomic E-state index is 0.00560. The molecule has 0 bridgehead atoms. The molecule has 0 spiro atoms. The maximum absolute atomic E-state index is 12.1. The molecule has 0 aromatic heterocycles. The number of hydrogen-bond acceptors (Lipinski definition) is 3. The summed E-state index contributed by atoms with van der Waals surface area (Å²) < 4.78 is 5.27. The standard InChI is InChI=1S/C19H24O3/c1-2-3-4-5-6-9-14-22-19(21)17-13-12-15-10-7-8-11-16(15)18(17)20/h7-8,10-13,20H,2-6,9,14H2,1H3. The Morgan fingerprint density at radius 3 is 2.55 bits per heavy atom. The molecule has 0 atom stereocenters. The lowest BCUT2D eigenvalue weighted by Gasteiger charge is -2.08. The molecule has 118 valence electrons. The number of phenols is 1. The third-order valence-electron chi connectivity index (χ3n) is 3.85. The minimum Gasteiger partial charge on any atom is -0.506 e. The molecule has 0 amide bonds. The van der Waals surface area contributed by atoms with Crippen LogP contribution < -0.4 is 0 Å². The molecule has 0 heterocycles. The largest absolute Gasteiger partial charge is 0.506 e. The summed E-state index contributed by atoms with van der Waals surface area (Å²) in [5.74, 6) is -0.442. The molecule has 2 rings (SSSR count). The third-order valence-corrected chi connectivity index (χ3v) is 3.85. The van der Waals surface area contributed by atoms with E-state index in [2.05, 4.69) is 6.92 Å². The molecule has 0 saturated carbocycles. The Bertz CT molecular complexity index is 619. The van der Waals surface area contributed by atoms with Crippen molar-refractivity contribution < 1.29 is 14.6 Å². The van der Waals surface area contributed by atoms with Crippen LogP contribution in [0.15, 0.2) is 36.4 Å². The zero-order chi connectivity index (χ0) is 15.8. The van der Waals surface area contributed by atoms with Gasteiger partial charge in [-0.2, -0.15) is 0 Å². The number of phenolic OH excluding ortho intramolecular Hbond substituents is 1. The predicted octanol–water partition coefficient (Wildman–Crippen LogP) is 5.06. The Morgan fingerprint density at radius 1 is 1.00 bits per heavy atom. The van der Waals surface area contributed by atoms with Crippen molar-refractivity contribution in [3.05, 3.63) is 42.0 Å². The Labute approximate surface area is 131 Å². The van der Waals surface area contributed by atoms with Crippen LogP contribution in [0.25, 0.3) is 10.8 Å². The summed E-state index contributed by atoms with van der Waals surface area (Å²) in [6, 6.07) is 10.9. The summed E-state index contributed by atoms with van der Waals surface area (Å²) in [4.78, 5) is 12.1. The van der Waals surface area contributed by atoms with Crippen molar-refractivity contribution in [2.45, 2.75) is 45.4 Å². The van der Waals surface area contributed by atoms with E-state index in [-0.39, 0.29) is 11.3 Å². The molecule has 0 aliphatic heterocycles. The average Bonchev–Trinajstić information content (AvgIpc) is 2.54. The van der Waals surface area contributed by atoms with Gasteiger partial charge in [-0.3, -0.25) is 0 Å². The van der Waals surface area contributed by atoms with Gasteiger partial charge in [-0.1, -0.05) is 69.4 Å². The van der Waals surface area contributed by atoms with Gasteiger partial charge in [0.1, 0.15) is 11.3 Å². The van der Waals surface area contributed by atoms with Gasteiger partial charge in [-0.25, -0.2) is 4.79 Å². The van der Waals surface area contributed by atoms with Gasteiger partial charge in [-0.05, 0) is 17.9 Å². The van der Waals surface area contributed by atoms with E-state index < -0.39 is 5.97 Å². The summed E-state index contributed by atoms with van der Waals surface area (Å²) in [5.41, 5.74) is 0.240. The summed E-state index contributed by atoms with van der Waals surface area (Å²) in [5, 5.41) is 11.8. The summed E-state index contributed by atoms with van der Waals surface area (Å²) in [6.45, 7) is 2.61. The van der Waals surface area contributed by atoms with Crippen LogP contribution in [0.2, 0.25) is 0 Å². The zero-order valence-electron chi connectivity index (χ0n) is 13.2. The Hall–Kier alpha value is -2.03. The highest BCUT2D eigenvalue weighted by Gasteiger charge is 2.14. The number of benzene rings is 2. The van der Waals surface area contributed by atoms with Gasteiger partial charge >= 0.3 is 5.97 Å². The van der Waals surface area contributed by atoms with Crippen molar-refractivity contribution in [2.24, 2.45) is 0 Å². The lowest BCUT2D eigenvalue weighted by Crippen LogP contribution is -2.07. The fourth-order valence-electron chi connectivity index (χ4n) is 2.54. The van der Waals surface area contributed by atoms with Crippen LogP contribution in [0, 0.1) is 0 Å². The highest BCUT2D eigenvalue weighted by atomic mass is 16.5. The average molecular weight is 300 g/mol. The summed E-state index contributed by atoms with van der Waals surface area (Å²) in [7, 11) is 0. The maximum atomic E-state index is 12.1. The molecule has 2 aromatic rings. The fourth-order valence-corrected chi connectivity index (χ4v) is 2.54. The molecule has 0 fully saturated rings. The van der Waals surface area contributed by atoms with Crippen molar-refractivity contribution in [2.75, 3.05) is 6.61 Å². The van der Waals surface area contributed by atoms with Crippen molar-refractivity contribution in [1.29, 1.82) is 0 Å². The van der Waals surface area contributed by atoms with Crippen LogP contribution in [0.4, 0.5) is 0 Å². The second kappa shape index (κ2) is 8.42. The van der Waals surface area contributed by atoms with Crippen LogP contribution >= 0.6 is 0 Å². The number of carbonyl (C=O) groups is 1. The number of rotatable bonds is 8. The Balaban J connectivity index is 1.86. The van der Waals surface area contributed by atoms with Gasteiger partial charge in [0.25, 0.3) is 0 Å². The number of fused-ring (bicyclic) bond motifs is 1. The molecule has 0 aliphatic rings. The smallest absolute Gasteiger partial charge is 0.341 e. The number of hydrogen-bond donors (Lipinski definition) is 1. The zero-order valence-corrected chi connectivity index (χ0v) is 13.2. The monoisotopic (exact) mass is 300 g/mol. The lowest BCUT2D eigenvalue weighted by molar-refractivity contribution is 0.0494. The minimum atomic E-state index is -0.447. The molecule has 0 radical (unpaired) electrons. The van der Waals surface area contributed by atoms with Gasteiger partial charge in [0, 0.05) is 5.39 Å². The molecule has 3 heteroatoms. The lowest BCUT2D eigenvalue weighted by atomic mass is 10.1. The van der Waals surface area contributed by atoms with E-state index in [4.69, 9.17) is 4.74 Å². The van der Waals surface area contributed by atoms with E-state index in [1.54, 1.807) is 12.1 Å². The Morgan fingerprint density at radius 2 is 1.73 bits per heavy atom. The topological polar surface area (TPSA) is 46.5 Å². The van der Waals surface area contributed by atoms with Crippen LogP contribution in [0.3, 0.4) is 0 Å². The SMILES string of the molecule is CCCCCCCCOC(=O)c1ccc2ccccc2c1O. The van der Waals surface area contributed by atoms with Crippen LogP contribution in [0.5, 0.6) is 5.75 Å². The normalized spacial score (nSPS) is 10.8. The van der Waals surface area contributed by atoms with Gasteiger partial charge in [0.05, 0.1) is 6.61 Å². The van der Waals surface area contributed by atoms with Crippen molar-refractivity contribution in [3.63, 3.8) is 0 Å². The molecule has 22 heavy (non-hydrogen) atoms. The molecule has 1 N–H and O–H groups in total. The number of ether oxygens (including phenoxy) is 1. The van der Waals surface area contributed by atoms with Gasteiger partial charge in [0.15, 0.2) is 0 Å². The molecule has 3 nitrogen and oxygen atoms in total. The van der Waals surface area contributed by atoms with E-state index in [1.807, 2.05) is 24.3 Å². The first kappa shape index (κ1) is 16.3. The second-order valence-corrected chi connectivity index (χ2v) is 5.59. The van der Waals surface area contributed by atoms with E-state index in [0.29, 0.717) is 12.0 Å². The van der Waals surface area contributed by atoms with Gasteiger partial charge < -0.3 is 9.84 Å². The molecular weight excluding hydrogens is 276 g/mol. The molecule has 0 aliphatic carbocycles. The van der Waals surface area contributed by atoms with Gasteiger partial charge in [0.2, 0.25) is 0 Å². The predicted molar refractivity (Wildman–Crippen MR) is 89.3 cm³/mol. The van der Waals surface area contributed by atoms with E-state index in [1.165, 1.54) is 25.7 Å². The maximum Gasteiger partial charge on any atom is 0.341 e. The van der Waals surface area contributed by atoms with Gasteiger partial charge in [-0.15, -0.1) is 0 Å². The van der Waals surface area contributed by atoms with Crippen LogP contribution in [0.1, 0.15) is 55.8 Å². The second-order valence-electron chi connectivity index (χ2n) is 5.59. The van der Waals surface area contributed by atoms with Crippen molar-refractivity contribution >= 4 is 16.7 Å². The number of unbranched alkanes of at least 4 members (excludes halogenated alkanes) is 5. The third kappa shape index (κ3) is 4.23. The highest BCUT2D eigenvalue weighted by Crippen LogP contribution is 2.29.